The van der Waals surface area contributed by atoms with Crippen molar-refractivity contribution in [2.45, 2.75) is 13.8 Å². The number of ether oxygens (including phenoxy) is 1. The molecule has 7 nitrogen and oxygen atoms in total. The van der Waals surface area contributed by atoms with Gasteiger partial charge in [-0.3, -0.25) is 4.99 Å². The number of hydrogen-bond acceptors (Lipinski definition) is 4. The standard InChI is InChI=1S/C22H19ClN2O5/c1-12-6-16(11-24-17-4-5-20(30-3)19(23)10-17)13(2)25(12)18-8-14(21(26)27)7-15(9-18)22(28)29/h4-11H,1-3H3,(H,26,27)(H,28,29). The van der Waals surface area contributed by atoms with Gasteiger partial charge in [-0.25, -0.2) is 9.59 Å². The molecule has 0 unspecified atom stereocenters. The van der Waals surface area contributed by atoms with Gasteiger partial charge in [0.2, 0.25) is 0 Å². The van der Waals surface area contributed by atoms with E-state index in [0.29, 0.717) is 22.1 Å². The Bertz CT molecular complexity index is 1150. The molecule has 0 bridgehead atoms. The van der Waals surface area contributed by atoms with Crippen LogP contribution in [-0.4, -0.2) is 40.0 Å². The first-order valence-electron chi connectivity index (χ1n) is 8.90. The fraction of sp³-hybridized carbons (Fsp3) is 0.136. The minimum atomic E-state index is -1.19. The van der Waals surface area contributed by atoms with Crippen LogP contribution in [0.3, 0.4) is 0 Å². The number of rotatable bonds is 6. The van der Waals surface area contributed by atoms with Gasteiger partial charge >= 0.3 is 11.9 Å². The van der Waals surface area contributed by atoms with Gasteiger partial charge in [0.15, 0.2) is 0 Å². The smallest absolute Gasteiger partial charge is 0.335 e. The first-order valence-corrected chi connectivity index (χ1v) is 9.27. The number of halogens is 1. The largest absolute Gasteiger partial charge is 0.495 e. The molecular weight excluding hydrogens is 408 g/mol. The third-order valence-electron chi connectivity index (χ3n) is 4.63. The molecule has 0 aliphatic heterocycles. The van der Waals surface area contributed by atoms with Crippen molar-refractivity contribution >= 4 is 35.4 Å². The van der Waals surface area contributed by atoms with Crippen LogP contribution >= 0.6 is 11.6 Å². The summed E-state index contributed by atoms with van der Waals surface area (Å²) in [6.45, 7) is 3.70. The summed E-state index contributed by atoms with van der Waals surface area (Å²) in [5.74, 6) is -1.83. The highest BCUT2D eigenvalue weighted by atomic mass is 35.5. The quantitative estimate of drug-likeness (QED) is 0.546. The molecule has 2 aromatic carbocycles. The molecule has 0 spiro atoms. The van der Waals surface area contributed by atoms with Gasteiger partial charge in [-0.1, -0.05) is 11.6 Å². The average Bonchev–Trinajstić information content (AvgIpc) is 2.99. The number of carboxylic acid groups (broad SMARTS) is 2. The lowest BCUT2D eigenvalue weighted by Crippen LogP contribution is -2.07. The lowest BCUT2D eigenvalue weighted by Gasteiger charge is -2.12. The fourth-order valence-electron chi connectivity index (χ4n) is 3.18. The maximum Gasteiger partial charge on any atom is 0.335 e. The van der Waals surface area contributed by atoms with Crippen LogP contribution in [0.4, 0.5) is 5.69 Å². The Kier molecular flexibility index (Phi) is 5.94. The second-order valence-electron chi connectivity index (χ2n) is 6.62. The van der Waals surface area contributed by atoms with E-state index in [2.05, 4.69) is 4.99 Å². The van der Waals surface area contributed by atoms with Crippen molar-refractivity contribution < 1.29 is 24.5 Å². The Morgan fingerprint density at radius 3 is 2.20 bits per heavy atom. The zero-order chi connectivity index (χ0) is 22.0. The van der Waals surface area contributed by atoms with Gasteiger partial charge in [0.25, 0.3) is 0 Å². The molecule has 0 saturated heterocycles. The number of nitrogens with zero attached hydrogens (tertiary/aromatic N) is 2. The molecule has 0 saturated carbocycles. The van der Waals surface area contributed by atoms with Crippen molar-refractivity contribution in [3.8, 4) is 11.4 Å². The molecular formula is C22H19ClN2O5. The van der Waals surface area contributed by atoms with Crippen molar-refractivity contribution in [2.75, 3.05) is 7.11 Å². The van der Waals surface area contributed by atoms with E-state index in [-0.39, 0.29) is 11.1 Å². The molecule has 154 valence electrons. The van der Waals surface area contributed by atoms with Crippen molar-refractivity contribution in [3.05, 3.63) is 75.6 Å². The molecule has 30 heavy (non-hydrogen) atoms. The van der Waals surface area contributed by atoms with E-state index >= 15 is 0 Å². The number of carbonyl (C=O) groups is 2. The molecule has 0 aliphatic carbocycles. The Labute approximate surface area is 177 Å². The van der Waals surface area contributed by atoms with Crippen LogP contribution in [-0.2, 0) is 0 Å². The van der Waals surface area contributed by atoms with Gasteiger partial charge in [0.1, 0.15) is 5.75 Å². The SMILES string of the molecule is COc1ccc(N=Cc2cc(C)n(-c3cc(C(=O)O)cc(C(=O)O)c3)c2C)cc1Cl. The molecule has 8 heteroatoms. The number of carboxylic acids is 2. The highest BCUT2D eigenvalue weighted by Crippen LogP contribution is 2.29. The number of aliphatic imine (C=N–C) groups is 1. The second-order valence-corrected chi connectivity index (χ2v) is 7.02. The molecule has 0 atom stereocenters. The van der Waals surface area contributed by atoms with E-state index in [1.807, 2.05) is 19.9 Å². The third-order valence-corrected chi connectivity index (χ3v) is 4.92. The van der Waals surface area contributed by atoms with Gasteiger partial charge in [-0.2, -0.15) is 0 Å². The van der Waals surface area contributed by atoms with Crippen LogP contribution in [0, 0.1) is 13.8 Å². The van der Waals surface area contributed by atoms with Crippen LogP contribution in [0.25, 0.3) is 5.69 Å². The number of aromatic carboxylic acids is 2. The van der Waals surface area contributed by atoms with E-state index in [0.717, 1.165) is 23.0 Å². The predicted octanol–water partition coefficient (Wildman–Crippen LogP) is 4.90. The lowest BCUT2D eigenvalue weighted by atomic mass is 10.1. The van der Waals surface area contributed by atoms with E-state index in [4.69, 9.17) is 16.3 Å². The first-order chi connectivity index (χ1) is 14.2. The summed E-state index contributed by atoms with van der Waals surface area (Å²) in [4.78, 5) is 27.3. The van der Waals surface area contributed by atoms with Crippen LogP contribution in [0.15, 0.2) is 47.5 Å². The zero-order valence-electron chi connectivity index (χ0n) is 16.5. The average molecular weight is 427 g/mol. The summed E-state index contributed by atoms with van der Waals surface area (Å²) in [6.07, 6.45) is 1.68. The number of hydrogen-bond donors (Lipinski definition) is 2. The fourth-order valence-corrected chi connectivity index (χ4v) is 3.43. The summed E-state index contributed by atoms with van der Waals surface area (Å²) in [6, 6.07) is 11.1. The Morgan fingerprint density at radius 1 is 1.03 bits per heavy atom. The minimum Gasteiger partial charge on any atom is -0.495 e. The van der Waals surface area contributed by atoms with Crippen molar-refractivity contribution in [1.29, 1.82) is 0 Å². The monoisotopic (exact) mass is 426 g/mol. The van der Waals surface area contributed by atoms with Crippen LogP contribution in [0.1, 0.15) is 37.7 Å². The summed E-state index contributed by atoms with van der Waals surface area (Å²) in [5.41, 5.74) is 3.30. The van der Waals surface area contributed by atoms with Gasteiger partial charge in [0.05, 0.1) is 28.9 Å². The van der Waals surface area contributed by atoms with Crippen molar-refractivity contribution in [3.63, 3.8) is 0 Å². The number of aromatic nitrogens is 1. The molecule has 3 aromatic rings. The molecule has 2 N–H and O–H groups in total. The van der Waals surface area contributed by atoms with Crippen LogP contribution in [0.5, 0.6) is 5.75 Å². The molecule has 3 rings (SSSR count). The van der Waals surface area contributed by atoms with Gasteiger partial charge in [-0.05, 0) is 56.3 Å². The van der Waals surface area contributed by atoms with Crippen molar-refractivity contribution in [1.82, 2.24) is 4.57 Å². The molecule has 0 aliphatic rings. The molecule has 0 radical (unpaired) electrons. The lowest BCUT2D eigenvalue weighted by molar-refractivity contribution is 0.0696. The third kappa shape index (κ3) is 4.21. The van der Waals surface area contributed by atoms with Crippen molar-refractivity contribution in [2.24, 2.45) is 4.99 Å². The normalized spacial score (nSPS) is 11.1. The maximum atomic E-state index is 11.4. The van der Waals surface area contributed by atoms with E-state index in [1.54, 1.807) is 29.0 Å². The summed E-state index contributed by atoms with van der Waals surface area (Å²) in [7, 11) is 1.54. The molecule has 1 aromatic heterocycles. The van der Waals surface area contributed by atoms with Gasteiger partial charge in [0, 0.05) is 28.9 Å². The van der Waals surface area contributed by atoms with E-state index in [1.165, 1.54) is 19.2 Å². The molecule has 0 amide bonds. The highest BCUT2D eigenvalue weighted by molar-refractivity contribution is 6.32. The maximum absolute atomic E-state index is 11.4. The van der Waals surface area contributed by atoms with E-state index in [9.17, 15) is 19.8 Å². The number of aryl methyl sites for hydroxylation is 1. The Balaban J connectivity index is 2.03. The summed E-state index contributed by atoms with van der Waals surface area (Å²) >= 11 is 6.13. The summed E-state index contributed by atoms with van der Waals surface area (Å²) in [5, 5.41) is 19.1. The minimum absolute atomic E-state index is 0.0968. The number of benzene rings is 2. The van der Waals surface area contributed by atoms with Gasteiger partial charge in [-0.15, -0.1) is 0 Å². The van der Waals surface area contributed by atoms with E-state index < -0.39 is 11.9 Å². The predicted molar refractivity (Wildman–Crippen MR) is 114 cm³/mol. The van der Waals surface area contributed by atoms with Crippen LogP contribution in [0.2, 0.25) is 5.02 Å². The second kappa shape index (κ2) is 8.42. The highest BCUT2D eigenvalue weighted by Gasteiger charge is 2.16. The number of methoxy groups -OCH3 is 1. The topological polar surface area (TPSA) is 101 Å². The molecule has 0 fully saturated rings. The first kappa shape index (κ1) is 21.1. The molecule has 1 heterocycles. The Hall–Kier alpha value is -3.58. The Morgan fingerprint density at radius 2 is 1.67 bits per heavy atom. The summed E-state index contributed by atoms with van der Waals surface area (Å²) < 4.78 is 6.92. The van der Waals surface area contributed by atoms with Gasteiger partial charge < -0.3 is 19.5 Å². The zero-order valence-corrected chi connectivity index (χ0v) is 17.3. The van der Waals surface area contributed by atoms with Crippen LogP contribution < -0.4 is 4.74 Å².